The van der Waals surface area contributed by atoms with Gasteiger partial charge in [-0.15, -0.1) is 16.9 Å². The van der Waals surface area contributed by atoms with Crippen LogP contribution in [-0.4, -0.2) is 29.0 Å². The summed E-state index contributed by atoms with van der Waals surface area (Å²) in [7, 11) is 1.59. The van der Waals surface area contributed by atoms with E-state index in [9.17, 15) is 18.0 Å². The largest absolute Gasteiger partial charge is 0.497 e. The van der Waals surface area contributed by atoms with Crippen molar-refractivity contribution in [3.8, 4) is 17.2 Å². The number of rotatable bonds is 7. The molecule has 3 rings (SSSR count). The summed E-state index contributed by atoms with van der Waals surface area (Å²) in [6.45, 7) is 0. The second-order valence-corrected chi connectivity index (χ2v) is 6.98. The number of thioether (sulfide) groups is 1. The van der Waals surface area contributed by atoms with Crippen LogP contribution in [0, 0.1) is 0 Å². The third-order valence-electron chi connectivity index (χ3n) is 3.79. The smallest absolute Gasteiger partial charge is 0.416 e. The molecule has 1 heterocycles. The normalized spacial score (nSPS) is 11.3. The van der Waals surface area contributed by atoms with E-state index in [0.717, 1.165) is 22.8 Å². The number of methoxy groups -OCH3 is 1. The van der Waals surface area contributed by atoms with Crippen molar-refractivity contribution in [2.75, 3.05) is 18.2 Å². The van der Waals surface area contributed by atoms with Gasteiger partial charge >= 0.3 is 12.2 Å². The number of aromatic nitrogens is 2. The average Bonchev–Trinajstić information content (AvgIpc) is 3.16. The van der Waals surface area contributed by atoms with Gasteiger partial charge in [-0.2, -0.15) is 13.2 Å². The number of nitrogens with one attached hydrogen (secondary N) is 1. The quantitative estimate of drug-likeness (QED) is 0.546. The standard InChI is InChI=1S/C19H16F3N3O3S/c1-27-14-6-8-15(9-7-14)29-11-10-16(26)23-18-25-24-17(28-18)12-2-4-13(5-3-12)19(20,21)22/h2-9H,10-11H2,1H3,(H,23,25,26). The first-order chi connectivity index (χ1) is 13.8. The SMILES string of the molecule is COc1ccc(SCCC(=O)Nc2nnc(-c3ccc(C(F)(F)F)cc3)o2)cc1. The van der Waals surface area contributed by atoms with E-state index in [1.807, 2.05) is 24.3 Å². The zero-order valence-corrected chi connectivity index (χ0v) is 16.0. The van der Waals surface area contributed by atoms with Crippen LogP contribution in [0.2, 0.25) is 0 Å². The van der Waals surface area contributed by atoms with E-state index in [4.69, 9.17) is 9.15 Å². The van der Waals surface area contributed by atoms with Gasteiger partial charge in [0.1, 0.15) is 5.75 Å². The molecule has 152 valence electrons. The van der Waals surface area contributed by atoms with Gasteiger partial charge in [0.05, 0.1) is 12.7 Å². The highest BCUT2D eigenvalue weighted by Gasteiger charge is 2.30. The molecule has 0 bridgehead atoms. The van der Waals surface area contributed by atoms with Gasteiger partial charge in [-0.3, -0.25) is 10.1 Å². The number of alkyl halides is 3. The van der Waals surface area contributed by atoms with E-state index < -0.39 is 11.7 Å². The van der Waals surface area contributed by atoms with Gasteiger partial charge in [-0.05, 0) is 48.5 Å². The fourth-order valence-electron chi connectivity index (χ4n) is 2.31. The molecule has 0 atom stereocenters. The van der Waals surface area contributed by atoms with Crippen molar-refractivity contribution in [1.82, 2.24) is 10.2 Å². The summed E-state index contributed by atoms with van der Waals surface area (Å²) in [5, 5.41) is 9.92. The molecule has 0 radical (unpaired) electrons. The fourth-order valence-corrected chi connectivity index (χ4v) is 3.16. The molecule has 0 aliphatic rings. The zero-order chi connectivity index (χ0) is 20.9. The van der Waals surface area contributed by atoms with Crippen molar-refractivity contribution in [1.29, 1.82) is 0 Å². The molecule has 2 aromatic carbocycles. The minimum Gasteiger partial charge on any atom is -0.497 e. The Bertz CT molecular complexity index is 957. The molecule has 0 spiro atoms. The predicted octanol–water partition coefficient (Wildman–Crippen LogP) is 4.88. The molecule has 0 aliphatic carbocycles. The number of nitrogens with zero attached hydrogens (tertiary/aromatic N) is 2. The van der Waals surface area contributed by atoms with Crippen molar-refractivity contribution in [2.24, 2.45) is 0 Å². The topological polar surface area (TPSA) is 77.2 Å². The molecule has 1 N–H and O–H groups in total. The number of amides is 1. The Morgan fingerprint density at radius 1 is 1.10 bits per heavy atom. The summed E-state index contributed by atoms with van der Waals surface area (Å²) in [5.41, 5.74) is -0.454. The third kappa shape index (κ3) is 5.74. The van der Waals surface area contributed by atoms with Crippen LogP contribution in [0.5, 0.6) is 5.75 Å². The van der Waals surface area contributed by atoms with E-state index >= 15 is 0 Å². The maximum Gasteiger partial charge on any atom is 0.416 e. The van der Waals surface area contributed by atoms with Crippen LogP contribution in [0.3, 0.4) is 0 Å². The van der Waals surface area contributed by atoms with E-state index in [1.54, 1.807) is 7.11 Å². The maximum atomic E-state index is 12.6. The fraction of sp³-hybridized carbons (Fsp3) is 0.211. The van der Waals surface area contributed by atoms with Crippen LogP contribution >= 0.6 is 11.8 Å². The lowest BCUT2D eigenvalue weighted by molar-refractivity contribution is -0.137. The number of carbonyl (C=O) groups excluding carboxylic acids is 1. The molecular formula is C19H16F3N3O3S. The Kier molecular flexibility index (Phi) is 6.42. The Balaban J connectivity index is 1.50. The summed E-state index contributed by atoms with van der Waals surface area (Å²) in [4.78, 5) is 13.0. The van der Waals surface area contributed by atoms with E-state index in [-0.39, 0.29) is 24.2 Å². The first-order valence-corrected chi connectivity index (χ1v) is 9.41. The number of hydrogen-bond donors (Lipinski definition) is 1. The minimum absolute atomic E-state index is 0.0154. The number of anilines is 1. The van der Waals surface area contributed by atoms with E-state index in [1.165, 1.54) is 23.9 Å². The summed E-state index contributed by atoms with van der Waals surface area (Å²) in [6.07, 6.45) is -4.20. The second kappa shape index (κ2) is 8.99. The minimum atomic E-state index is -4.42. The molecular weight excluding hydrogens is 407 g/mol. The van der Waals surface area contributed by atoms with Crippen LogP contribution < -0.4 is 10.1 Å². The first-order valence-electron chi connectivity index (χ1n) is 8.43. The van der Waals surface area contributed by atoms with E-state index in [2.05, 4.69) is 15.5 Å². The Morgan fingerprint density at radius 3 is 2.41 bits per heavy atom. The lowest BCUT2D eigenvalue weighted by atomic mass is 10.1. The summed E-state index contributed by atoms with van der Waals surface area (Å²) >= 11 is 1.51. The van der Waals surface area contributed by atoms with Crippen molar-refractivity contribution in [3.63, 3.8) is 0 Å². The number of halogens is 3. The van der Waals surface area contributed by atoms with Gasteiger partial charge in [0.15, 0.2) is 0 Å². The Morgan fingerprint density at radius 2 is 1.79 bits per heavy atom. The van der Waals surface area contributed by atoms with Crippen molar-refractivity contribution < 1.29 is 27.1 Å². The summed E-state index contributed by atoms with van der Waals surface area (Å²) in [5.74, 6) is 1.00. The molecule has 1 amide bonds. The molecule has 0 unspecified atom stereocenters. The van der Waals surface area contributed by atoms with Gasteiger partial charge in [0.2, 0.25) is 11.8 Å². The van der Waals surface area contributed by atoms with Crippen LogP contribution in [0.1, 0.15) is 12.0 Å². The highest BCUT2D eigenvalue weighted by atomic mass is 32.2. The van der Waals surface area contributed by atoms with Gasteiger partial charge < -0.3 is 9.15 Å². The Hall–Kier alpha value is -3.01. The van der Waals surface area contributed by atoms with Crippen LogP contribution in [0.4, 0.5) is 19.2 Å². The van der Waals surface area contributed by atoms with Gasteiger partial charge in [0.25, 0.3) is 0 Å². The lowest BCUT2D eigenvalue weighted by Gasteiger charge is -2.05. The zero-order valence-electron chi connectivity index (χ0n) is 15.2. The monoisotopic (exact) mass is 423 g/mol. The molecule has 10 heteroatoms. The van der Waals surface area contributed by atoms with Crippen LogP contribution in [0.15, 0.2) is 57.8 Å². The highest BCUT2D eigenvalue weighted by molar-refractivity contribution is 7.99. The van der Waals surface area contributed by atoms with E-state index in [0.29, 0.717) is 11.3 Å². The number of ether oxygens (including phenoxy) is 1. The molecule has 6 nitrogen and oxygen atoms in total. The molecule has 0 saturated heterocycles. The third-order valence-corrected chi connectivity index (χ3v) is 4.80. The van der Waals surface area contributed by atoms with Crippen LogP contribution in [-0.2, 0) is 11.0 Å². The number of carbonyl (C=O) groups is 1. The van der Waals surface area contributed by atoms with Gasteiger partial charge in [-0.1, -0.05) is 5.10 Å². The second-order valence-electron chi connectivity index (χ2n) is 5.81. The van der Waals surface area contributed by atoms with Crippen molar-refractivity contribution >= 4 is 23.7 Å². The average molecular weight is 423 g/mol. The lowest BCUT2D eigenvalue weighted by Crippen LogP contribution is -2.12. The van der Waals surface area contributed by atoms with Crippen LogP contribution in [0.25, 0.3) is 11.5 Å². The molecule has 0 aliphatic heterocycles. The summed E-state index contributed by atoms with van der Waals surface area (Å²) < 4.78 is 48.2. The number of benzene rings is 2. The molecule has 3 aromatic rings. The molecule has 1 aromatic heterocycles. The van der Waals surface area contributed by atoms with Gasteiger partial charge in [0, 0.05) is 22.6 Å². The Labute approximate surface area is 168 Å². The number of hydrogen-bond acceptors (Lipinski definition) is 6. The molecule has 29 heavy (non-hydrogen) atoms. The summed E-state index contributed by atoms with van der Waals surface area (Å²) in [6, 6.07) is 11.7. The molecule has 0 fully saturated rings. The molecule has 0 saturated carbocycles. The van der Waals surface area contributed by atoms with Gasteiger partial charge in [-0.25, -0.2) is 0 Å². The predicted molar refractivity (Wildman–Crippen MR) is 102 cm³/mol. The van der Waals surface area contributed by atoms with Crippen molar-refractivity contribution in [3.05, 3.63) is 54.1 Å². The highest BCUT2D eigenvalue weighted by Crippen LogP contribution is 2.31. The first kappa shape index (κ1) is 20.7. The maximum absolute atomic E-state index is 12.6. The van der Waals surface area contributed by atoms with Crippen molar-refractivity contribution in [2.45, 2.75) is 17.5 Å².